The van der Waals surface area contributed by atoms with Gasteiger partial charge in [0.05, 0.1) is 12.0 Å². The summed E-state index contributed by atoms with van der Waals surface area (Å²) in [6, 6.07) is 3.95. The normalized spacial score (nSPS) is 11.7. The maximum atomic E-state index is 12.1. The van der Waals surface area contributed by atoms with Gasteiger partial charge in [-0.2, -0.15) is 0 Å². The van der Waals surface area contributed by atoms with Crippen LogP contribution in [-0.4, -0.2) is 54.9 Å². The monoisotopic (exact) mass is 357 g/mol. The first kappa shape index (κ1) is 19.9. The number of rotatable bonds is 8. The maximum Gasteiger partial charge on any atom is 0.292 e. The van der Waals surface area contributed by atoms with Gasteiger partial charge in [0.1, 0.15) is 5.69 Å². The lowest BCUT2D eigenvalue weighted by Gasteiger charge is -2.20. The van der Waals surface area contributed by atoms with Crippen LogP contribution in [0.2, 0.25) is 5.02 Å². The van der Waals surface area contributed by atoms with Crippen molar-refractivity contribution in [3.63, 3.8) is 0 Å². The maximum absolute atomic E-state index is 12.1. The van der Waals surface area contributed by atoms with E-state index in [0.717, 1.165) is 0 Å². The van der Waals surface area contributed by atoms with Crippen molar-refractivity contribution in [1.29, 1.82) is 0 Å². The van der Waals surface area contributed by atoms with E-state index in [-0.39, 0.29) is 35.4 Å². The van der Waals surface area contributed by atoms with Crippen LogP contribution in [0.25, 0.3) is 0 Å². The topological polar surface area (TPSA) is 97.0 Å². The fraction of sp³-hybridized carbons (Fsp3) is 0.467. The Hall–Kier alpha value is -2.19. The number of nitro benzene ring substituents is 1. The zero-order chi connectivity index (χ0) is 18.3. The molecule has 8 nitrogen and oxygen atoms in total. The minimum atomic E-state index is -0.591. The average molecular weight is 358 g/mol. The number of benzene rings is 1. The molecule has 1 aromatic carbocycles. The van der Waals surface area contributed by atoms with Crippen LogP contribution in [0.4, 0.5) is 11.4 Å². The van der Waals surface area contributed by atoms with E-state index < -0.39 is 10.8 Å². The van der Waals surface area contributed by atoms with Gasteiger partial charge < -0.3 is 15.1 Å². The zero-order valence-corrected chi connectivity index (χ0v) is 14.7. The standard InChI is InChI=1S/C15H21ClN4O4/c1-4-19(5-2)15(22)10-18(3)9-14(21)17-12-8-11(16)6-7-13(12)20(23)24/h6-8H,4-5,9-10H2,1-3H3,(H,17,21)/p+1. The van der Waals surface area contributed by atoms with Gasteiger partial charge in [0.15, 0.2) is 13.1 Å². The highest BCUT2D eigenvalue weighted by atomic mass is 35.5. The van der Waals surface area contributed by atoms with Crippen molar-refractivity contribution in [2.75, 3.05) is 38.5 Å². The van der Waals surface area contributed by atoms with E-state index in [1.54, 1.807) is 11.9 Å². The largest absolute Gasteiger partial charge is 0.338 e. The summed E-state index contributed by atoms with van der Waals surface area (Å²) in [6.07, 6.45) is 0. The Kier molecular flexibility index (Phi) is 7.60. The van der Waals surface area contributed by atoms with Crippen LogP contribution >= 0.6 is 11.6 Å². The molecule has 1 unspecified atom stereocenters. The van der Waals surface area contributed by atoms with Gasteiger partial charge in [-0.1, -0.05) is 11.6 Å². The molecule has 24 heavy (non-hydrogen) atoms. The molecule has 0 aromatic heterocycles. The fourth-order valence-corrected chi connectivity index (χ4v) is 2.42. The summed E-state index contributed by atoms with van der Waals surface area (Å²) in [5.74, 6) is -0.468. The second-order valence-electron chi connectivity index (χ2n) is 5.34. The number of nitro groups is 1. The van der Waals surface area contributed by atoms with E-state index in [9.17, 15) is 19.7 Å². The molecule has 0 aliphatic carbocycles. The number of anilines is 1. The van der Waals surface area contributed by atoms with E-state index in [2.05, 4.69) is 5.32 Å². The Morgan fingerprint density at radius 2 is 1.92 bits per heavy atom. The van der Waals surface area contributed by atoms with Crippen molar-refractivity contribution >= 4 is 34.8 Å². The van der Waals surface area contributed by atoms with Gasteiger partial charge in [-0.3, -0.25) is 19.7 Å². The van der Waals surface area contributed by atoms with Crippen molar-refractivity contribution in [1.82, 2.24) is 4.90 Å². The highest BCUT2D eigenvalue weighted by Gasteiger charge is 2.20. The molecule has 0 aliphatic rings. The number of halogens is 1. The molecule has 1 aromatic rings. The number of quaternary nitrogens is 1. The second-order valence-corrected chi connectivity index (χ2v) is 5.78. The molecule has 0 heterocycles. The van der Waals surface area contributed by atoms with Crippen LogP contribution in [0.1, 0.15) is 13.8 Å². The first-order chi connectivity index (χ1) is 11.3. The van der Waals surface area contributed by atoms with Gasteiger partial charge in [-0.05, 0) is 26.0 Å². The van der Waals surface area contributed by atoms with Crippen molar-refractivity contribution < 1.29 is 19.4 Å². The van der Waals surface area contributed by atoms with Gasteiger partial charge in [0, 0.05) is 24.2 Å². The molecule has 0 saturated heterocycles. The summed E-state index contributed by atoms with van der Waals surface area (Å²) in [4.78, 5) is 36.8. The van der Waals surface area contributed by atoms with Crippen molar-refractivity contribution in [3.8, 4) is 0 Å². The lowest BCUT2D eigenvalue weighted by Crippen LogP contribution is -3.11. The molecular formula is C15H22ClN4O4+. The van der Waals surface area contributed by atoms with Gasteiger partial charge >= 0.3 is 0 Å². The molecule has 132 valence electrons. The van der Waals surface area contributed by atoms with Crippen LogP contribution in [0.5, 0.6) is 0 Å². The van der Waals surface area contributed by atoms with E-state index in [0.29, 0.717) is 18.0 Å². The number of carbonyl (C=O) groups is 2. The predicted octanol–water partition coefficient (Wildman–Crippen LogP) is 0.570. The molecule has 0 fully saturated rings. The molecule has 9 heteroatoms. The SMILES string of the molecule is CCN(CC)C(=O)C[NH+](C)CC(=O)Nc1cc(Cl)ccc1[N+](=O)[O-]. The van der Waals surface area contributed by atoms with Crippen LogP contribution in [0, 0.1) is 10.1 Å². The Balaban J connectivity index is 2.68. The first-order valence-electron chi connectivity index (χ1n) is 7.61. The van der Waals surface area contributed by atoms with Crippen molar-refractivity contribution in [2.45, 2.75) is 13.8 Å². The van der Waals surface area contributed by atoms with Crippen LogP contribution in [0.3, 0.4) is 0 Å². The molecule has 0 bridgehead atoms. The molecule has 0 spiro atoms. The van der Waals surface area contributed by atoms with Crippen LogP contribution in [-0.2, 0) is 9.59 Å². The lowest BCUT2D eigenvalue weighted by atomic mass is 10.2. The van der Waals surface area contributed by atoms with E-state index in [1.807, 2.05) is 13.8 Å². The molecule has 1 atom stereocenters. The predicted molar refractivity (Wildman–Crippen MR) is 91.3 cm³/mol. The lowest BCUT2D eigenvalue weighted by molar-refractivity contribution is -0.862. The van der Waals surface area contributed by atoms with Gasteiger partial charge in [-0.15, -0.1) is 0 Å². The summed E-state index contributed by atoms with van der Waals surface area (Å²) >= 11 is 5.82. The van der Waals surface area contributed by atoms with Crippen LogP contribution in [0.15, 0.2) is 18.2 Å². The van der Waals surface area contributed by atoms with Crippen molar-refractivity contribution in [2.24, 2.45) is 0 Å². The number of amides is 2. The third-order valence-electron chi connectivity index (χ3n) is 3.46. The molecule has 2 N–H and O–H groups in total. The fourth-order valence-electron chi connectivity index (χ4n) is 2.24. The number of hydrogen-bond acceptors (Lipinski definition) is 4. The quantitative estimate of drug-likeness (QED) is 0.525. The average Bonchev–Trinajstić information content (AvgIpc) is 2.47. The molecule has 1 rings (SSSR count). The van der Waals surface area contributed by atoms with Crippen molar-refractivity contribution in [3.05, 3.63) is 33.3 Å². The summed E-state index contributed by atoms with van der Waals surface area (Å²) in [7, 11) is 1.72. The summed E-state index contributed by atoms with van der Waals surface area (Å²) < 4.78 is 0. The molecule has 0 saturated carbocycles. The molecule has 0 radical (unpaired) electrons. The van der Waals surface area contributed by atoms with E-state index in [1.165, 1.54) is 18.2 Å². The third kappa shape index (κ3) is 5.78. The highest BCUT2D eigenvalue weighted by Crippen LogP contribution is 2.27. The Labute approximate surface area is 145 Å². The van der Waals surface area contributed by atoms with E-state index >= 15 is 0 Å². The number of carbonyl (C=O) groups excluding carboxylic acids is 2. The smallest absolute Gasteiger partial charge is 0.292 e. The molecule has 2 amide bonds. The number of likely N-dealkylation sites (N-methyl/N-ethyl adjacent to an activating group) is 2. The highest BCUT2D eigenvalue weighted by molar-refractivity contribution is 6.31. The molecular weight excluding hydrogens is 336 g/mol. The van der Waals surface area contributed by atoms with Gasteiger partial charge in [-0.25, -0.2) is 0 Å². The second kappa shape index (κ2) is 9.19. The summed E-state index contributed by atoms with van der Waals surface area (Å²) in [5.41, 5.74) is -0.190. The number of nitrogens with one attached hydrogen (secondary N) is 2. The molecule has 0 aliphatic heterocycles. The Bertz CT molecular complexity index is 619. The minimum absolute atomic E-state index is 0.0106. The number of nitrogens with zero attached hydrogens (tertiary/aromatic N) is 2. The Morgan fingerprint density at radius 1 is 1.29 bits per heavy atom. The van der Waals surface area contributed by atoms with E-state index in [4.69, 9.17) is 11.6 Å². The minimum Gasteiger partial charge on any atom is -0.338 e. The Morgan fingerprint density at radius 3 is 2.46 bits per heavy atom. The summed E-state index contributed by atoms with van der Waals surface area (Å²) in [6.45, 7) is 5.19. The summed E-state index contributed by atoms with van der Waals surface area (Å²) in [5, 5.41) is 13.7. The number of hydrogen-bond donors (Lipinski definition) is 2. The van der Waals surface area contributed by atoms with Crippen LogP contribution < -0.4 is 10.2 Å². The van der Waals surface area contributed by atoms with Gasteiger partial charge in [0.2, 0.25) is 0 Å². The first-order valence-corrected chi connectivity index (χ1v) is 7.99. The third-order valence-corrected chi connectivity index (χ3v) is 3.70. The van der Waals surface area contributed by atoms with Gasteiger partial charge in [0.25, 0.3) is 17.5 Å². The zero-order valence-electron chi connectivity index (χ0n) is 14.0.